The van der Waals surface area contributed by atoms with Gasteiger partial charge >= 0.3 is 6.18 Å². The number of morpholine rings is 1. The number of hydrogen-bond acceptors (Lipinski definition) is 5. The molecule has 1 unspecified atom stereocenters. The molecule has 1 N–H and O–H groups in total. The molecule has 7 nitrogen and oxygen atoms in total. The predicted molar refractivity (Wildman–Crippen MR) is 143 cm³/mol. The van der Waals surface area contributed by atoms with Crippen LogP contribution >= 0.6 is 23.2 Å². The zero-order valence-electron chi connectivity index (χ0n) is 20.5. The molecule has 1 amide bonds. The van der Waals surface area contributed by atoms with Crippen LogP contribution in [0.25, 0.3) is 10.9 Å². The number of nitrogens with zero attached hydrogens (tertiary/aromatic N) is 2. The molecular formula is C27H21Cl2F3N2O5S. The van der Waals surface area contributed by atoms with Crippen molar-refractivity contribution >= 4 is 50.0 Å². The number of amides is 1. The topological polar surface area (TPSA) is 88.8 Å². The molecule has 0 saturated carbocycles. The Labute approximate surface area is 237 Å². The number of halogens is 5. The zero-order chi connectivity index (χ0) is 28.8. The van der Waals surface area contributed by atoms with Crippen LogP contribution in [0.3, 0.4) is 0 Å². The molecule has 4 aromatic rings. The number of aromatic nitrogens is 1. The molecule has 1 fully saturated rings. The van der Waals surface area contributed by atoms with E-state index in [0.29, 0.717) is 36.3 Å². The van der Waals surface area contributed by atoms with Crippen molar-refractivity contribution in [1.82, 2.24) is 8.87 Å². The van der Waals surface area contributed by atoms with Crippen molar-refractivity contribution in [3.8, 4) is 0 Å². The molecule has 210 valence electrons. The second kappa shape index (κ2) is 10.7. The van der Waals surface area contributed by atoms with Crippen LogP contribution in [0.2, 0.25) is 10.0 Å². The summed E-state index contributed by atoms with van der Waals surface area (Å²) in [5.41, 5.74) is -1.82. The van der Waals surface area contributed by atoms with Gasteiger partial charge in [-0.05, 0) is 42.5 Å². The lowest BCUT2D eigenvalue weighted by Crippen LogP contribution is -2.40. The lowest BCUT2D eigenvalue weighted by molar-refractivity contribution is -0.137. The number of hydrogen-bond donors (Lipinski definition) is 1. The fourth-order valence-electron chi connectivity index (χ4n) is 4.60. The van der Waals surface area contributed by atoms with Crippen LogP contribution in [0.4, 0.5) is 13.2 Å². The Bertz CT molecular complexity index is 1700. The molecule has 40 heavy (non-hydrogen) atoms. The normalized spacial score (nSPS) is 15.4. The van der Waals surface area contributed by atoms with Crippen LogP contribution in [-0.4, -0.2) is 54.6 Å². The van der Waals surface area contributed by atoms with E-state index >= 15 is 0 Å². The minimum atomic E-state index is -4.75. The van der Waals surface area contributed by atoms with Gasteiger partial charge in [0.15, 0.2) is 0 Å². The molecule has 1 aliphatic rings. The molecule has 0 radical (unpaired) electrons. The maximum atomic E-state index is 13.8. The lowest BCUT2D eigenvalue weighted by atomic mass is 10.0. The largest absolute Gasteiger partial charge is 0.416 e. The fraction of sp³-hybridized carbons (Fsp3) is 0.222. The standard InChI is InChI=1S/C27H21Cl2F3N2O5S/c28-20-9-8-19(26(36)33-10-12-39-13-11-33)24(29)23(20)25(35)22-14-16-6-7-17(27(30,31)32)15-21(16)34(22)40(37,38)18-4-2-1-3-5-18/h1-9,14-15,25,35H,10-13H2. The quantitative estimate of drug-likeness (QED) is 0.310. The minimum Gasteiger partial charge on any atom is -0.382 e. The van der Waals surface area contributed by atoms with E-state index in [1.165, 1.54) is 47.4 Å². The SMILES string of the molecule is O=C(c1ccc(Cl)c(C(O)c2cc3ccc(C(F)(F)F)cc3n2S(=O)(=O)c2ccccc2)c1Cl)N1CCOCC1. The van der Waals surface area contributed by atoms with Crippen LogP contribution in [0.1, 0.15) is 33.3 Å². The van der Waals surface area contributed by atoms with Gasteiger partial charge in [-0.25, -0.2) is 12.4 Å². The van der Waals surface area contributed by atoms with E-state index in [-0.39, 0.29) is 42.7 Å². The lowest BCUT2D eigenvalue weighted by Gasteiger charge is -2.28. The summed E-state index contributed by atoms with van der Waals surface area (Å²) in [5.74, 6) is -0.439. The van der Waals surface area contributed by atoms with Crippen molar-refractivity contribution < 1.29 is 36.2 Å². The number of aliphatic hydroxyl groups is 1. The summed E-state index contributed by atoms with van der Waals surface area (Å²) >= 11 is 13.0. The number of carbonyl (C=O) groups is 1. The summed E-state index contributed by atoms with van der Waals surface area (Å²) in [6.07, 6.45) is -6.59. The van der Waals surface area contributed by atoms with Gasteiger partial charge in [0, 0.05) is 29.1 Å². The molecule has 2 heterocycles. The van der Waals surface area contributed by atoms with Crippen LogP contribution in [0, 0.1) is 0 Å². The van der Waals surface area contributed by atoms with Gasteiger partial charge in [-0.15, -0.1) is 0 Å². The Hall–Kier alpha value is -3.09. The van der Waals surface area contributed by atoms with Gasteiger partial charge in [0.05, 0.1) is 45.5 Å². The van der Waals surface area contributed by atoms with Gasteiger partial charge in [0.25, 0.3) is 15.9 Å². The molecule has 13 heteroatoms. The highest BCUT2D eigenvalue weighted by Crippen LogP contribution is 2.41. The van der Waals surface area contributed by atoms with E-state index in [0.717, 1.165) is 12.1 Å². The summed E-state index contributed by atoms with van der Waals surface area (Å²) in [6.45, 7) is 1.31. The average molecular weight is 613 g/mol. The fourth-order valence-corrected chi connectivity index (χ4v) is 6.82. The van der Waals surface area contributed by atoms with Crippen LogP contribution in [0.5, 0.6) is 0 Å². The molecule has 1 aromatic heterocycles. The summed E-state index contributed by atoms with van der Waals surface area (Å²) in [7, 11) is -4.52. The van der Waals surface area contributed by atoms with Gasteiger partial charge in [-0.3, -0.25) is 4.79 Å². The highest BCUT2D eigenvalue weighted by molar-refractivity contribution is 7.90. The van der Waals surface area contributed by atoms with E-state index < -0.39 is 33.8 Å². The summed E-state index contributed by atoms with van der Waals surface area (Å²) < 4.78 is 74.3. The van der Waals surface area contributed by atoms with Crippen molar-refractivity contribution in [3.63, 3.8) is 0 Å². The molecule has 1 saturated heterocycles. The van der Waals surface area contributed by atoms with Crippen molar-refractivity contribution in [2.45, 2.75) is 17.2 Å². The van der Waals surface area contributed by atoms with E-state index in [4.69, 9.17) is 27.9 Å². The number of fused-ring (bicyclic) bond motifs is 1. The van der Waals surface area contributed by atoms with E-state index in [1.54, 1.807) is 6.07 Å². The van der Waals surface area contributed by atoms with Gasteiger partial charge in [-0.2, -0.15) is 13.2 Å². The molecule has 5 rings (SSSR count). The number of alkyl halides is 3. The van der Waals surface area contributed by atoms with E-state index in [2.05, 4.69) is 0 Å². The maximum absolute atomic E-state index is 13.8. The second-order valence-corrected chi connectivity index (χ2v) is 11.6. The van der Waals surface area contributed by atoms with E-state index in [1.807, 2.05) is 0 Å². The first-order chi connectivity index (χ1) is 18.9. The van der Waals surface area contributed by atoms with Crippen molar-refractivity contribution in [3.05, 3.63) is 99.2 Å². The number of rotatable bonds is 5. The van der Waals surface area contributed by atoms with Gasteiger partial charge in [0.1, 0.15) is 6.10 Å². The number of carbonyl (C=O) groups excluding carboxylic acids is 1. The van der Waals surface area contributed by atoms with Crippen molar-refractivity contribution in [2.24, 2.45) is 0 Å². The Morgan fingerprint density at radius 1 is 0.975 bits per heavy atom. The zero-order valence-corrected chi connectivity index (χ0v) is 22.9. The second-order valence-electron chi connectivity index (χ2n) is 9.05. The Morgan fingerprint density at radius 2 is 1.65 bits per heavy atom. The third kappa shape index (κ3) is 5.08. The highest BCUT2D eigenvalue weighted by Gasteiger charge is 2.34. The van der Waals surface area contributed by atoms with Gasteiger partial charge in [0.2, 0.25) is 0 Å². The Kier molecular flexibility index (Phi) is 7.62. The van der Waals surface area contributed by atoms with E-state index in [9.17, 15) is 31.5 Å². The number of aliphatic hydroxyl groups excluding tert-OH is 1. The average Bonchev–Trinajstić information content (AvgIpc) is 3.33. The van der Waals surface area contributed by atoms with Crippen LogP contribution < -0.4 is 0 Å². The van der Waals surface area contributed by atoms with Gasteiger partial charge < -0.3 is 14.7 Å². The van der Waals surface area contributed by atoms with Crippen molar-refractivity contribution in [1.29, 1.82) is 0 Å². The molecule has 0 bridgehead atoms. The molecule has 1 atom stereocenters. The molecule has 0 spiro atoms. The number of benzene rings is 3. The first-order valence-electron chi connectivity index (χ1n) is 12.0. The first kappa shape index (κ1) is 28.4. The third-order valence-corrected chi connectivity index (χ3v) is 9.10. The molecule has 0 aliphatic carbocycles. The predicted octanol–water partition coefficient (Wildman–Crippen LogP) is 5.76. The van der Waals surface area contributed by atoms with Crippen LogP contribution in [-0.2, 0) is 20.9 Å². The highest BCUT2D eigenvalue weighted by atomic mass is 35.5. The Balaban J connectivity index is 1.72. The maximum Gasteiger partial charge on any atom is 0.416 e. The first-order valence-corrected chi connectivity index (χ1v) is 14.2. The smallest absolute Gasteiger partial charge is 0.382 e. The Morgan fingerprint density at radius 3 is 2.30 bits per heavy atom. The van der Waals surface area contributed by atoms with Crippen LogP contribution in [0.15, 0.2) is 71.6 Å². The third-order valence-electron chi connectivity index (χ3n) is 6.60. The molecular weight excluding hydrogens is 592 g/mol. The number of ether oxygens (including phenoxy) is 1. The molecule has 1 aliphatic heterocycles. The summed E-state index contributed by atoms with van der Waals surface area (Å²) in [5, 5.41) is 11.4. The molecule has 3 aromatic carbocycles. The summed E-state index contributed by atoms with van der Waals surface area (Å²) in [4.78, 5) is 14.5. The summed E-state index contributed by atoms with van der Waals surface area (Å²) in [6, 6.07) is 13.7. The monoisotopic (exact) mass is 612 g/mol. The van der Waals surface area contributed by atoms with Gasteiger partial charge in [-0.1, -0.05) is 47.5 Å². The van der Waals surface area contributed by atoms with Crippen molar-refractivity contribution in [2.75, 3.05) is 26.3 Å². The minimum absolute atomic E-state index is 0.0231.